The molecule has 204 valence electrons. The molecule has 0 amide bonds. The topological polar surface area (TPSA) is 60.4 Å². The summed E-state index contributed by atoms with van der Waals surface area (Å²) >= 11 is 7.45. The smallest absolute Gasteiger partial charge is 0.261 e. The Balaban J connectivity index is 1.49. The molecule has 1 atom stereocenters. The molecular formula is C29H32ClFN4O2SSi. The molecule has 2 aromatic carbocycles. The summed E-state index contributed by atoms with van der Waals surface area (Å²) in [5, 5.41) is 2.98. The van der Waals surface area contributed by atoms with E-state index >= 15 is 0 Å². The molecule has 3 heterocycles. The monoisotopic (exact) mass is 582 g/mol. The minimum absolute atomic E-state index is 0.0907. The van der Waals surface area contributed by atoms with E-state index in [1.54, 1.807) is 0 Å². The molecule has 10 heteroatoms. The zero-order valence-corrected chi connectivity index (χ0v) is 25.3. The van der Waals surface area contributed by atoms with E-state index in [2.05, 4.69) is 79.3 Å². The lowest BCUT2D eigenvalue weighted by molar-refractivity contribution is 0.234. The number of aromatic nitrogens is 3. The van der Waals surface area contributed by atoms with Crippen LogP contribution >= 0.6 is 23.4 Å². The van der Waals surface area contributed by atoms with Gasteiger partial charge < -0.3 is 14.1 Å². The second-order valence-corrected chi connectivity index (χ2v) is 16.1. The van der Waals surface area contributed by atoms with Gasteiger partial charge in [-0.25, -0.2) is 14.4 Å². The van der Waals surface area contributed by atoms with Gasteiger partial charge in [0.05, 0.1) is 6.04 Å². The Morgan fingerprint density at radius 1 is 1.05 bits per heavy atom. The van der Waals surface area contributed by atoms with Crippen molar-refractivity contribution in [3.05, 3.63) is 71.6 Å². The van der Waals surface area contributed by atoms with Crippen LogP contribution in [0.1, 0.15) is 27.2 Å². The molecule has 39 heavy (non-hydrogen) atoms. The highest BCUT2D eigenvalue weighted by atomic mass is 35.5. The Labute approximate surface area is 239 Å². The van der Waals surface area contributed by atoms with Gasteiger partial charge in [-0.05, 0) is 28.1 Å². The Morgan fingerprint density at radius 3 is 2.23 bits per heavy atom. The van der Waals surface area contributed by atoms with Crippen molar-refractivity contribution in [2.75, 3.05) is 31.4 Å². The van der Waals surface area contributed by atoms with Crippen LogP contribution in [0.15, 0.2) is 65.8 Å². The van der Waals surface area contributed by atoms with Crippen molar-refractivity contribution in [3.8, 4) is 5.88 Å². The molecule has 0 fully saturated rings. The summed E-state index contributed by atoms with van der Waals surface area (Å²) in [7, 11) is -0.729. The van der Waals surface area contributed by atoms with Crippen LogP contribution in [0.3, 0.4) is 0 Å². The summed E-state index contributed by atoms with van der Waals surface area (Å²) in [6.07, 6.45) is 2.53. The van der Waals surface area contributed by atoms with Crippen molar-refractivity contribution in [2.24, 2.45) is 0 Å². The second-order valence-electron chi connectivity index (χ2n) is 10.7. The van der Waals surface area contributed by atoms with E-state index in [-0.39, 0.29) is 27.6 Å². The van der Waals surface area contributed by atoms with Crippen LogP contribution in [-0.4, -0.2) is 55.8 Å². The van der Waals surface area contributed by atoms with E-state index in [1.807, 2.05) is 30.3 Å². The number of hydrogen-bond acceptors (Lipinski definition) is 7. The van der Waals surface area contributed by atoms with Gasteiger partial charge in [-0.3, -0.25) is 0 Å². The maximum atomic E-state index is 15.0. The molecule has 1 aliphatic rings. The zero-order chi connectivity index (χ0) is 27.8. The molecule has 0 spiro atoms. The third-order valence-electron chi connectivity index (χ3n) is 7.34. The van der Waals surface area contributed by atoms with Crippen LogP contribution in [0, 0.1) is 5.82 Å². The predicted octanol–water partition coefficient (Wildman–Crippen LogP) is 5.70. The van der Waals surface area contributed by atoms with Gasteiger partial charge in [0.1, 0.15) is 23.3 Å². The molecule has 2 aromatic heterocycles. The van der Waals surface area contributed by atoms with Crippen LogP contribution in [0.2, 0.25) is 10.2 Å². The number of hydrogen-bond donors (Lipinski definition) is 0. The van der Waals surface area contributed by atoms with Crippen LogP contribution in [0.25, 0.3) is 10.9 Å². The molecule has 0 radical (unpaired) electrons. The van der Waals surface area contributed by atoms with Gasteiger partial charge in [0.2, 0.25) is 5.88 Å². The fourth-order valence-corrected chi connectivity index (χ4v) is 10.5. The molecular weight excluding hydrogens is 551 g/mol. The summed E-state index contributed by atoms with van der Waals surface area (Å²) in [5.74, 6) is 0.163. The first-order valence-corrected chi connectivity index (χ1v) is 16.4. The number of anilines is 1. The van der Waals surface area contributed by atoms with E-state index < -0.39 is 14.1 Å². The summed E-state index contributed by atoms with van der Waals surface area (Å²) in [6.45, 7) is 7.64. The van der Waals surface area contributed by atoms with E-state index in [0.717, 1.165) is 0 Å². The number of ether oxygens (including phenoxy) is 1. The normalized spacial score (nSPS) is 15.8. The Bertz CT molecular complexity index is 1430. The van der Waals surface area contributed by atoms with Crippen molar-refractivity contribution < 1.29 is 13.6 Å². The highest BCUT2D eigenvalue weighted by Gasteiger charge is 2.50. The average molecular weight is 583 g/mol. The minimum atomic E-state index is -2.68. The summed E-state index contributed by atoms with van der Waals surface area (Å²) in [5.41, 5.74) is 0.121. The molecule has 1 aliphatic heterocycles. The van der Waals surface area contributed by atoms with Gasteiger partial charge in [0, 0.05) is 13.7 Å². The summed E-state index contributed by atoms with van der Waals surface area (Å²) in [4.78, 5) is 15.3. The van der Waals surface area contributed by atoms with Gasteiger partial charge in [-0.1, -0.05) is 105 Å². The number of rotatable bonds is 7. The largest absolute Gasteiger partial charge is 0.475 e. The predicted molar refractivity (Wildman–Crippen MR) is 160 cm³/mol. The van der Waals surface area contributed by atoms with Crippen LogP contribution < -0.4 is 20.0 Å². The highest BCUT2D eigenvalue weighted by molar-refractivity contribution is 7.98. The quantitative estimate of drug-likeness (QED) is 0.120. The first kappa shape index (κ1) is 27.8. The maximum Gasteiger partial charge on any atom is 0.261 e. The fourth-order valence-electron chi connectivity index (χ4n) is 5.37. The SMILES string of the molecule is CSc1nc2c3c(nc(Cl)c(F)c3n1)OC[C@H](CCO[Si](c1ccccc1)(c1ccccc1)C(C)(C)C)N2C. The Morgan fingerprint density at radius 2 is 1.67 bits per heavy atom. The molecule has 0 N–H and O–H groups in total. The van der Waals surface area contributed by atoms with Crippen LogP contribution in [0.5, 0.6) is 5.88 Å². The van der Waals surface area contributed by atoms with Crippen molar-refractivity contribution in [3.63, 3.8) is 0 Å². The third kappa shape index (κ3) is 5.01. The van der Waals surface area contributed by atoms with E-state index in [4.69, 9.17) is 25.7 Å². The van der Waals surface area contributed by atoms with Crippen LogP contribution in [0.4, 0.5) is 10.2 Å². The molecule has 6 nitrogen and oxygen atoms in total. The van der Waals surface area contributed by atoms with Crippen molar-refractivity contribution in [1.29, 1.82) is 0 Å². The van der Waals surface area contributed by atoms with Crippen molar-refractivity contribution in [2.45, 2.75) is 43.4 Å². The Hall–Kier alpha value is -2.72. The van der Waals surface area contributed by atoms with E-state index in [9.17, 15) is 4.39 Å². The lowest BCUT2D eigenvalue weighted by atomic mass is 10.2. The third-order valence-corrected chi connectivity index (χ3v) is 13.2. The first-order valence-electron chi connectivity index (χ1n) is 12.9. The van der Waals surface area contributed by atoms with Crippen molar-refractivity contribution >= 4 is 58.8 Å². The standard InChI is InChI=1S/C29H32ClFN4O2SSi/c1-29(2,3)39(20-12-8-6-9-13-20,21-14-10-7-11-15-21)37-17-16-19-18-36-27-22-24(23(31)25(30)33-27)32-28(38-5)34-26(22)35(19)4/h6-15,19H,16-18H2,1-5H3/t19-/m0/s1. The zero-order valence-electron chi connectivity index (χ0n) is 22.7. The van der Waals surface area contributed by atoms with Gasteiger partial charge in [-0.15, -0.1) is 0 Å². The number of nitrogens with zero attached hydrogens (tertiary/aromatic N) is 4. The minimum Gasteiger partial charge on any atom is -0.475 e. The molecule has 0 saturated heterocycles. The van der Waals surface area contributed by atoms with Gasteiger partial charge >= 0.3 is 0 Å². The molecule has 0 bridgehead atoms. The molecule has 0 unspecified atom stereocenters. The summed E-state index contributed by atoms with van der Waals surface area (Å²) in [6, 6.07) is 21.1. The van der Waals surface area contributed by atoms with Gasteiger partial charge in [0.15, 0.2) is 16.1 Å². The van der Waals surface area contributed by atoms with Gasteiger partial charge in [0.25, 0.3) is 8.32 Å². The number of benzene rings is 2. The second kappa shape index (κ2) is 11.0. The summed E-state index contributed by atoms with van der Waals surface area (Å²) < 4.78 is 28.2. The number of likely N-dealkylation sites (N-methyl/N-ethyl adjacent to an activating group) is 1. The average Bonchev–Trinajstić information content (AvgIpc) is 3.06. The lowest BCUT2D eigenvalue weighted by Crippen LogP contribution is -2.66. The molecule has 0 aliphatic carbocycles. The number of thioether (sulfide) groups is 1. The highest BCUT2D eigenvalue weighted by Crippen LogP contribution is 2.40. The van der Waals surface area contributed by atoms with E-state index in [1.165, 1.54) is 22.1 Å². The number of pyridine rings is 1. The maximum absolute atomic E-state index is 15.0. The number of halogens is 2. The van der Waals surface area contributed by atoms with Crippen molar-refractivity contribution in [1.82, 2.24) is 15.0 Å². The Kier molecular flexibility index (Phi) is 7.88. The van der Waals surface area contributed by atoms with E-state index in [0.29, 0.717) is 36.0 Å². The molecule has 0 saturated carbocycles. The molecule has 5 rings (SSSR count). The first-order chi connectivity index (χ1) is 18.7. The fraction of sp³-hybridized carbons (Fsp3) is 0.345. The van der Waals surface area contributed by atoms with Gasteiger partial charge in [-0.2, -0.15) is 4.98 Å². The van der Waals surface area contributed by atoms with Crippen LogP contribution in [-0.2, 0) is 4.43 Å². The lowest BCUT2D eigenvalue weighted by Gasteiger charge is -2.43. The molecule has 4 aromatic rings.